The number of aromatic hydroxyl groups is 1. The van der Waals surface area contributed by atoms with Gasteiger partial charge in [0.2, 0.25) is 0 Å². The maximum Gasteiger partial charge on any atom is 0.267 e. The van der Waals surface area contributed by atoms with Crippen LogP contribution >= 0.6 is 0 Å². The van der Waals surface area contributed by atoms with E-state index in [1.54, 1.807) is 18.2 Å². The van der Waals surface area contributed by atoms with Crippen molar-refractivity contribution in [1.82, 2.24) is 15.3 Å². The molecular formula is C24H24N4O3. The number of nitriles is 1. The van der Waals surface area contributed by atoms with E-state index in [2.05, 4.69) is 15.3 Å². The Balaban J connectivity index is 1.69. The molecule has 1 saturated heterocycles. The number of rotatable bonds is 5. The van der Waals surface area contributed by atoms with Crippen molar-refractivity contribution in [1.29, 1.82) is 5.26 Å². The molecule has 7 nitrogen and oxygen atoms in total. The van der Waals surface area contributed by atoms with E-state index in [0.717, 1.165) is 36.9 Å². The molecule has 158 valence electrons. The highest BCUT2D eigenvalue weighted by Gasteiger charge is 2.25. The van der Waals surface area contributed by atoms with Gasteiger partial charge in [-0.1, -0.05) is 6.07 Å². The van der Waals surface area contributed by atoms with Gasteiger partial charge in [-0.15, -0.1) is 0 Å². The van der Waals surface area contributed by atoms with Crippen LogP contribution in [0.2, 0.25) is 0 Å². The Morgan fingerprint density at radius 2 is 2.13 bits per heavy atom. The molecule has 1 unspecified atom stereocenters. The average molecular weight is 416 g/mol. The summed E-state index contributed by atoms with van der Waals surface area (Å²) in [5.74, 6) is 1.47. The largest absolute Gasteiger partial charge is 0.507 e. The zero-order chi connectivity index (χ0) is 21.4. The number of pyridine rings is 2. The number of phenolic OH excluding ortho intramolecular Hbond substituents is 1. The maximum atomic E-state index is 12.3. The summed E-state index contributed by atoms with van der Waals surface area (Å²) in [6.07, 6.45) is 4.39. The van der Waals surface area contributed by atoms with Gasteiger partial charge >= 0.3 is 0 Å². The molecule has 1 aliphatic heterocycles. The van der Waals surface area contributed by atoms with Crippen LogP contribution in [0.25, 0.3) is 22.3 Å². The zero-order valence-corrected chi connectivity index (χ0v) is 17.1. The Hall–Kier alpha value is -3.37. The van der Waals surface area contributed by atoms with Crippen LogP contribution in [0, 0.1) is 17.2 Å². The molecule has 0 amide bonds. The normalized spacial score (nSPS) is 18.6. The van der Waals surface area contributed by atoms with E-state index in [9.17, 15) is 15.2 Å². The van der Waals surface area contributed by atoms with Gasteiger partial charge < -0.3 is 20.1 Å². The highest BCUT2D eigenvalue weighted by Crippen LogP contribution is 2.41. The maximum absolute atomic E-state index is 12.3. The smallest absolute Gasteiger partial charge is 0.267 e. The minimum Gasteiger partial charge on any atom is -0.507 e. The summed E-state index contributed by atoms with van der Waals surface area (Å²) in [4.78, 5) is 19.8. The van der Waals surface area contributed by atoms with Gasteiger partial charge in [0.25, 0.3) is 5.56 Å². The third-order valence-electron chi connectivity index (χ3n) is 6.14. The molecule has 0 spiro atoms. The van der Waals surface area contributed by atoms with E-state index in [1.807, 2.05) is 18.2 Å². The number of phenols is 1. The summed E-state index contributed by atoms with van der Waals surface area (Å²) in [5, 5.41) is 24.2. The summed E-state index contributed by atoms with van der Waals surface area (Å²) in [6, 6.07) is 10.8. The number of aromatic amines is 1. The van der Waals surface area contributed by atoms with Crippen molar-refractivity contribution in [3.05, 3.63) is 51.8 Å². The topological polar surface area (TPSA) is 111 Å². The lowest BCUT2D eigenvalue weighted by Crippen LogP contribution is -2.28. The summed E-state index contributed by atoms with van der Waals surface area (Å²) in [5.41, 5.74) is 2.12. The molecule has 31 heavy (non-hydrogen) atoms. The Morgan fingerprint density at radius 3 is 2.87 bits per heavy atom. The van der Waals surface area contributed by atoms with Crippen molar-refractivity contribution in [3.63, 3.8) is 0 Å². The van der Waals surface area contributed by atoms with Crippen LogP contribution in [0.1, 0.15) is 42.7 Å². The Morgan fingerprint density at radius 1 is 1.26 bits per heavy atom. The van der Waals surface area contributed by atoms with Crippen molar-refractivity contribution in [2.45, 2.75) is 31.6 Å². The lowest BCUT2D eigenvalue weighted by atomic mass is 9.88. The Kier molecular flexibility index (Phi) is 5.08. The van der Waals surface area contributed by atoms with Crippen molar-refractivity contribution in [2.75, 3.05) is 19.7 Å². The first-order valence-corrected chi connectivity index (χ1v) is 10.8. The Labute approximate surface area is 179 Å². The van der Waals surface area contributed by atoms with Crippen molar-refractivity contribution >= 4 is 11.0 Å². The number of nitrogens with zero attached hydrogens (tertiary/aromatic N) is 2. The molecular weight excluding hydrogens is 392 g/mol. The summed E-state index contributed by atoms with van der Waals surface area (Å²) in [7, 11) is 0. The second-order valence-electron chi connectivity index (χ2n) is 8.43. The van der Waals surface area contributed by atoms with Crippen LogP contribution < -0.4 is 15.6 Å². The number of aromatic nitrogens is 2. The molecule has 3 aromatic rings. The molecule has 5 rings (SSSR count). The van der Waals surface area contributed by atoms with Gasteiger partial charge in [0, 0.05) is 11.9 Å². The molecule has 2 aromatic heterocycles. The first-order chi connectivity index (χ1) is 15.1. The number of hydrogen-bond donors (Lipinski definition) is 3. The molecule has 1 atom stereocenters. The number of ether oxygens (including phenoxy) is 1. The van der Waals surface area contributed by atoms with Crippen LogP contribution in [0.15, 0.2) is 35.1 Å². The van der Waals surface area contributed by atoms with E-state index in [4.69, 9.17) is 4.74 Å². The second kappa shape index (κ2) is 8.05. The standard InChI is InChI=1S/C24H24N4O3/c25-11-16-9-18-17(15-3-2-8-26-12-15)10-19(27-23(18)28-24(16)30)22-20(29)4-1-5-21(22)31-13-14-6-7-14/h1,4-5,9-10,14-15,26,29H,2-3,6-8,12-13H2,(H,27,28,30). The van der Waals surface area contributed by atoms with E-state index in [1.165, 1.54) is 12.8 Å². The minimum absolute atomic E-state index is 0.0723. The molecule has 2 aliphatic rings. The number of nitrogens with one attached hydrogen (secondary N) is 2. The van der Waals surface area contributed by atoms with E-state index < -0.39 is 5.56 Å². The molecule has 3 heterocycles. The highest BCUT2D eigenvalue weighted by atomic mass is 16.5. The molecule has 2 fully saturated rings. The van der Waals surface area contributed by atoms with Crippen molar-refractivity contribution in [3.8, 4) is 28.8 Å². The lowest BCUT2D eigenvalue weighted by molar-refractivity contribution is 0.299. The number of piperidine rings is 1. The fourth-order valence-electron chi connectivity index (χ4n) is 4.26. The van der Waals surface area contributed by atoms with Gasteiger partial charge in [0.15, 0.2) is 0 Å². The van der Waals surface area contributed by atoms with Crippen molar-refractivity contribution < 1.29 is 9.84 Å². The van der Waals surface area contributed by atoms with Gasteiger partial charge in [-0.2, -0.15) is 5.26 Å². The van der Waals surface area contributed by atoms with E-state index in [-0.39, 0.29) is 17.2 Å². The number of fused-ring (bicyclic) bond motifs is 1. The predicted octanol–water partition coefficient (Wildman–Crippen LogP) is 3.42. The van der Waals surface area contributed by atoms with Crippen LogP contribution in [0.3, 0.4) is 0 Å². The highest BCUT2D eigenvalue weighted by molar-refractivity contribution is 5.86. The summed E-state index contributed by atoms with van der Waals surface area (Å²) < 4.78 is 6.03. The lowest BCUT2D eigenvalue weighted by Gasteiger charge is -2.25. The molecule has 3 N–H and O–H groups in total. The zero-order valence-electron chi connectivity index (χ0n) is 17.1. The first kappa shape index (κ1) is 19.6. The molecule has 1 aliphatic carbocycles. The third-order valence-corrected chi connectivity index (χ3v) is 6.14. The monoisotopic (exact) mass is 416 g/mol. The average Bonchev–Trinajstić information content (AvgIpc) is 3.61. The van der Waals surface area contributed by atoms with Crippen LogP contribution in [0.5, 0.6) is 11.5 Å². The Bertz CT molecular complexity index is 1230. The van der Waals surface area contributed by atoms with Gasteiger partial charge in [-0.3, -0.25) is 4.79 Å². The van der Waals surface area contributed by atoms with Gasteiger partial charge in [-0.25, -0.2) is 4.98 Å². The quantitative estimate of drug-likeness (QED) is 0.588. The number of hydrogen-bond acceptors (Lipinski definition) is 6. The van der Waals surface area contributed by atoms with E-state index >= 15 is 0 Å². The van der Waals surface area contributed by atoms with Gasteiger partial charge in [0.1, 0.15) is 28.8 Å². The summed E-state index contributed by atoms with van der Waals surface area (Å²) >= 11 is 0. The number of benzene rings is 1. The molecule has 0 bridgehead atoms. The SMILES string of the molecule is N#Cc1cc2c(C3CCCNC3)cc(-c3c(O)cccc3OCC3CC3)nc2[nH]c1=O. The summed E-state index contributed by atoms with van der Waals surface area (Å²) in [6.45, 7) is 2.41. The first-order valence-electron chi connectivity index (χ1n) is 10.8. The van der Waals surface area contributed by atoms with Crippen LogP contribution in [-0.2, 0) is 0 Å². The third kappa shape index (κ3) is 3.87. The van der Waals surface area contributed by atoms with E-state index in [0.29, 0.717) is 35.2 Å². The fraction of sp³-hybridized carbons (Fsp3) is 0.375. The molecule has 0 radical (unpaired) electrons. The second-order valence-corrected chi connectivity index (χ2v) is 8.43. The number of H-pyrrole nitrogens is 1. The predicted molar refractivity (Wildman–Crippen MR) is 117 cm³/mol. The fourth-order valence-corrected chi connectivity index (χ4v) is 4.26. The van der Waals surface area contributed by atoms with Gasteiger partial charge in [-0.05, 0) is 73.9 Å². The van der Waals surface area contributed by atoms with Crippen molar-refractivity contribution in [2.24, 2.45) is 5.92 Å². The molecule has 1 saturated carbocycles. The van der Waals surface area contributed by atoms with Crippen LogP contribution in [0.4, 0.5) is 0 Å². The van der Waals surface area contributed by atoms with Gasteiger partial charge in [0.05, 0.1) is 17.9 Å². The molecule has 7 heteroatoms. The van der Waals surface area contributed by atoms with Crippen LogP contribution in [-0.4, -0.2) is 34.8 Å². The minimum atomic E-state index is -0.463. The molecule has 1 aromatic carbocycles.